The molecular formula is C15H16F3NO5. The predicted molar refractivity (Wildman–Crippen MR) is 75.6 cm³/mol. The highest BCUT2D eigenvalue weighted by atomic mass is 19.4. The maximum Gasteiger partial charge on any atom is 0.416 e. The molecule has 1 aromatic carbocycles. The van der Waals surface area contributed by atoms with Gasteiger partial charge in [-0.15, -0.1) is 0 Å². The molecule has 0 unspecified atom stereocenters. The van der Waals surface area contributed by atoms with Gasteiger partial charge in [-0.05, 0) is 24.3 Å². The molecule has 6 nitrogen and oxygen atoms in total. The van der Waals surface area contributed by atoms with E-state index in [2.05, 4.69) is 4.74 Å². The molecule has 1 saturated heterocycles. The summed E-state index contributed by atoms with van der Waals surface area (Å²) in [5, 5.41) is 9.17. The summed E-state index contributed by atoms with van der Waals surface area (Å²) in [7, 11) is 1.21. The van der Waals surface area contributed by atoms with Gasteiger partial charge in [0, 0.05) is 12.5 Å². The van der Waals surface area contributed by atoms with Crippen LogP contribution in [0.3, 0.4) is 0 Å². The Morgan fingerprint density at radius 1 is 1.29 bits per heavy atom. The zero-order valence-electron chi connectivity index (χ0n) is 12.7. The summed E-state index contributed by atoms with van der Waals surface area (Å²) in [4.78, 5) is 23.6. The van der Waals surface area contributed by atoms with Crippen molar-refractivity contribution >= 4 is 12.1 Å². The molecule has 132 valence electrons. The fourth-order valence-corrected chi connectivity index (χ4v) is 2.58. The highest BCUT2D eigenvalue weighted by Crippen LogP contribution is 2.31. The van der Waals surface area contributed by atoms with Crippen LogP contribution in [0.25, 0.3) is 0 Å². The summed E-state index contributed by atoms with van der Waals surface area (Å²) in [5.74, 6) is -0.335. The van der Waals surface area contributed by atoms with Crippen LogP contribution in [0.15, 0.2) is 24.3 Å². The number of hydrogen-bond acceptors (Lipinski definition) is 4. The van der Waals surface area contributed by atoms with Crippen molar-refractivity contribution in [2.45, 2.75) is 31.2 Å². The lowest BCUT2D eigenvalue weighted by Crippen LogP contribution is -2.36. The van der Waals surface area contributed by atoms with Crippen LogP contribution in [-0.2, 0) is 15.7 Å². The van der Waals surface area contributed by atoms with Gasteiger partial charge in [0.15, 0.2) is 0 Å². The van der Waals surface area contributed by atoms with Crippen molar-refractivity contribution in [2.24, 2.45) is 0 Å². The van der Waals surface area contributed by atoms with Crippen LogP contribution in [-0.4, -0.2) is 47.9 Å². The van der Waals surface area contributed by atoms with E-state index in [0.717, 1.165) is 17.0 Å². The van der Waals surface area contributed by atoms with Crippen LogP contribution >= 0.6 is 0 Å². The fourth-order valence-electron chi connectivity index (χ4n) is 2.58. The molecule has 0 aromatic heterocycles. The second-order valence-corrected chi connectivity index (χ2v) is 5.37. The Bertz CT molecular complexity index is 602. The Kier molecular flexibility index (Phi) is 5.20. The third-order valence-electron chi connectivity index (χ3n) is 3.74. The van der Waals surface area contributed by atoms with Crippen LogP contribution in [0, 0.1) is 0 Å². The number of carbonyl (C=O) groups excluding carboxylic acids is 1. The minimum atomic E-state index is -4.43. The van der Waals surface area contributed by atoms with Gasteiger partial charge < -0.3 is 19.5 Å². The molecule has 0 spiro atoms. The number of methoxy groups -OCH3 is 1. The maximum atomic E-state index is 12.5. The molecule has 2 atom stereocenters. The summed E-state index contributed by atoms with van der Waals surface area (Å²) in [6, 6.07) is 3.56. The predicted octanol–water partition coefficient (Wildman–Crippen LogP) is 2.77. The van der Waals surface area contributed by atoms with Crippen molar-refractivity contribution < 1.29 is 37.3 Å². The fraction of sp³-hybridized carbons (Fsp3) is 0.467. The Hall–Kier alpha value is -2.45. The van der Waals surface area contributed by atoms with Crippen molar-refractivity contribution in [1.82, 2.24) is 4.90 Å². The van der Waals surface area contributed by atoms with Gasteiger partial charge in [0.05, 0.1) is 25.6 Å². The SMILES string of the molecule is COC(=O)C[C@@H]1C[C@H](Oc2ccc(C(F)(F)F)cc2)CN1C(=O)O. The zero-order chi connectivity index (χ0) is 17.9. The number of nitrogens with zero attached hydrogens (tertiary/aromatic N) is 1. The number of esters is 1. The van der Waals surface area contributed by atoms with E-state index >= 15 is 0 Å². The number of benzene rings is 1. The number of likely N-dealkylation sites (tertiary alicyclic amines) is 1. The van der Waals surface area contributed by atoms with Gasteiger partial charge in [-0.1, -0.05) is 0 Å². The highest BCUT2D eigenvalue weighted by molar-refractivity contribution is 5.72. The molecule has 0 saturated carbocycles. The lowest BCUT2D eigenvalue weighted by Gasteiger charge is -2.19. The van der Waals surface area contributed by atoms with Crippen LogP contribution < -0.4 is 4.74 Å². The number of amides is 1. The summed E-state index contributed by atoms with van der Waals surface area (Å²) in [6.45, 7) is 0.0258. The topological polar surface area (TPSA) is 76.1 Å². The molecule has 1 fully saturated rings. The lowest BCUT2D eigenvalue weighted by molar-refractivity contribution is -0.141. The normalized spacial score (nSPS) is 20.8. The molecule has 1 N–H and O–H groups in total. The van der Waals surface area contributed by atoms with Gasteiger partial charge >= 0.3 is 18.2 Å². The standard InChI is InChI=1S/C15H16F3NO5/c1-23-13(20)7-10-6-12(8-19(10)14(21)22)24-11-4-2-9(3-5-11)15(16,17)18/h2-5,10,12H,6-8H2,1H3,(H,21,22)/t10-,12-/m0/s1. The van der Waals surface area contributed by atoms with Crippen molar-refractivity contribution in [3.63, 3.8) is 0 Å². The molecule has 1 heterocycles. The molecule has 0 bridgehead atoms. The average Bonchev–Trinajstić information content (AvgIpc) is 2.89. The van der Waals surface area contributed by atoms with Gasteiger partial charge in [0.1, 0.15) is 11.9 Å². The van der Waals surface area contributed by atoms with E-state index in [-0.39, 0.29) is 25.1 Å². The molecule has 2 rings (SSSR count). The van der Waals surface area contributed by atoms with E-state index in [1.807, 2.05) is 0 Å². The second-order valence-electron chi connectivity index (χ2n) is 5.37. The molecule has 1 amide bonds. The summed E-state index contributed by atoms with van der Waals surface area (Å²) >= 11 is 0. The average molecular weight is 347 g/mol. The minimum Gasteiger partial charge on any atom is -0.489 e. The Balaban J connectivity index is 2.02. The number of carbonyl (C=O) groups is 2. The minimum absolute atomic E-state index is 0.0258. The summed E-state index contributed by atoms with van der Waals surface area (Å²) in [6.07, 6.45) is -6.02. The smallest absolute Gasteiger partial charge is 0.416 e. The number of rotatable bonds is 4. The number of ether oxygens (including phenoxy) is 2. The quantitative estimate of drug-likeness (QED) is 0.848. The first-order valence-corrected chi connectivity index (χ1v) is 7.11. The van der Waals surface area contributed by atoms with E-state index in [0.29, 0.717) is 0 Å². The monoisotopic (exact) mass is 347 g/mol. The Labute approximate surface area is 135 Å². The molecule has 0 aliphatic carbocycles. The van der Waals surface area contributed by atoms with Gasteiger partial charge in [-0.25, -0.2) is 4.79 Å². The van der Waals surface area contributed by atoms with E-state index in [1.54, 1.807) is 0 Å². The number of carboxylic acid groups (broad SMARTS) is 1. The lowest BCUT2D eigenvalue weighted by atomic mass is 10.1. The van der Waals surface area contributed by atoms with Crippen LogP contribution in [0.5, 0.6) is 5.75 Å². The number of alkyl halides is 3. The molecule has 24 heavy (non-hydrogen) atoms. The van der Waals surface area contributed by atoms with E-state index in [1.165, 1.54) is 19.2 Å². The van der Waals surface area contributed by atoms with E-state index in [4.69, 9.17) is 4.74 Å². The van der Waals surface area contributed by atoms with Crippen molar-refractivity contribution in [3.8, 4) is 5.75 Å². The molecular weight excluding hydrogens is 331 g/mol. The maximum absolute atomic E-state index is 12.5. The van der Waals surface area contributed by atoms with Gasteiger partial charge in [-0.2, -0.15) is 13.2 Å². The molecule has 1 aromatic rings. The zero-order valence-corrected chi connectivity index (χ0v) is 12.7. The third-order valence-corrected chi connectivity index (χ3v) is 3.74. The molecule has 0 radical (unpaired) electrons. The Morgan fingerprint density at radius 2 is 1.92 bits per heavy atom. The second kappa shape index (κ2) is 6.98. The van der Waals surface area contributed by atoms with Crippen molar-refractivity contribution in [2.75, 3.05) is 13.7 Å². The highest BCUT2D eigenvalue weighted by Gasteiger charge is 2.38. The van der Waals surface area contributed by atoms with E-state index < -0.39 is 35.9 Å². The third kappa shape index (κ3) is 4.30. The first-order valence-electron chi connectivity index (χ1n) is 7.11. The first-order chi connectivity index (χ1) is 11.2. The van der Waals surface area contributed by atoms with Crippen LogP contribution in [0.2, 0.25) is 0 Å². The largest absolute Gasteiger partial charge is 0.489 e. The Morgan fingerprint density at radius 3 is 2.42 bits per heavy atom. The molecule has 1 aliphatic heterocycles. The molecule has 1 aliphatic rings. The van der Waals surface area contributed by atoms with Gasteiger partial charge in [-0.3, -0.25) is 4.79 Å². The van der Waals surface area contributed by atoms with E-state index in [9.17, 15) is 27.9 Å². The van der Waals surface area contributed by atoms with Crippen molar-refractivity contribution in [3.05, 3.63) is 29.8 Å². The molecule has 9 heteroatoms. The van der Waals surface area contributed by atoms with Crippen LogP contribution in [0.4, 0.5) is 18.0 Å². The first kappa shape index (κ1) is 17.9. The van der Waals surface area contributed by atoms with Crippen LogP contribution in [0.1, 0.15) is 18.4 Å². The van der Waals surface area contributed by atoms with Crippen molar-refractivity contribution in [1.29, 1.82) is 0 Å². The van der Waals surface area contributed by atoms with Gasteiger partial charge in [0.25, 0.3) is 0 Å². The number of halogens is 3. The number of hydrogen-bond donors (Lipinski definition) is 1. The van der Waals surface area contributed by atoms with Gasteiger partial charge in [0.2, 0.25) is 0 Å². The summed E-state index contributed by atoms with van der Waals surface area (Å²) < 4.78 is 47.6. The summed E-state index contributed by atoms with van der Waals surface area (Å²) in [5.41, 5.74) is -0.794.